The van der Waals surface area contributed by atoms with Crippen molar-refractivity contribution in [3.8, 4) is 5.75 Å². The molecule has 1 atom stereocenters. The van der Waals surface area contributed by atoms with Gasteiger partial charge in [0.1, 0.15) is 12.3 Å². The van der Waals surface area contributed by atoms with E-state index in [1.54, 1.807) is 43.5 Å². The van der Waals surface area contributed by atoms with E-state index in [0.29, 0.717) is 12.1 Å². The predicted molar refractivity (Wildman–Crippen MR) is 136 cm³/mol. The van der Waals surface area contributed by atoms with Crippen LogP contribution in [0, 0.1) is 20.8 Å². The van der Waals surface area contributed by atoms with Crippen molar-refractivity contribution in [3.05, 3.63) is 89.0 Å². The summed E-state index contributed by atoms with van der Waals surface area (Å²) in [6.45, 7) is 7.42. The van der Waals surface area contributed by atoms with Crippen molar-refractivity contribution in [3.63, 3.8) is 0 Å². The van der Waals surface area contributed by atoms with Crippen molar-refractivity contribution >= 4 is 21.6 Å². The summed E-state index contributed by atoms with van der Waals surface area (Å²) < 4.78 is 33.6. The number of carbonyl (C=O) groups is 1. The first-order valence-electron chi connectivity index (χ1n) is 11.3. The van der Waals surface area contributed by atoms with Crippen LogP contribution in [-0.4, -0.2) is 28.0 Å². The van der Waals surface area contributed by atoms with E-state index in [1.807, 2.05) is 58.0 Å². The number of nitrogens with zero attached hydrogens (tertiary/aromatic N) is 1. The molecule has 180 valence electrons. The first-order valence-corrected chi connectivity index (χ1v) is 12.7. The van der Waals surface area contributed by atoms with E-state index in [0.717, 1.165) is 28.0 Å². The summed E-state index contributed by atoms with van der Waals surface area (Å²) in [4.78, 5) is 13.3. The van der Waals surface area contributed by atoms with Crippen molar-refractivity contribution in [1.29, 1.82) is 0 Å². The van der Waals surface area contributed by atoms with E-state index in [1.165, 1.54) is 4.31 Å². The summed E-state index contributed by atoms with van der Waals surface area (Å²) in [6, 6.07) is 19.3. The third kappa shape index (κ3) is 5.78. The van der Waals surface area contributed by atoms with Crippen LogP contribution in [-0.2, 0) is 14.8 Å². The number of nitrogens with one attached hydrogen (secondary N) is 1. The Labute approximate surface area is 202 Å². The van der Waals surface area contributed by atoms with Crippen LogP contribution in [0.15, 0.2) is 71.6 Å². The van der Waals surface area contributed by atoms with Crippen LogP contribution in [0.1, 0.15) is 41.6 Å². The third-order valence-corrected chi connectivity index (χ3v) is 7.57. The van der Waals surface area contributed by atoms with E-state index < -0.39 is 10.0 Å². The van der Waals surface area contributed by atoms with Gasteiger partial charge in [-0.15, -0.1) is 0 Å². The van der Waals surface area contributed by atoms with Gasteiger partial charge in [-0.1, -0.05) is 54.4 Å². The van der Waals surface area contributed by atoms with Crippen LogP contribution >= 0.6 is 0 Å². The largest absolute Gasteiger partial charge is 0.496 e. The molecule has 0 fully saturated rings. The molecule has 0 saturated carbocycles. The molecule has 0 saturated heterocycles. The number of rotatable bonds is 9. The molecule has 0 bridgehead atoms. The second-order valence-electron chi connectivity index (χ2n) is 8.42. The quantitative estimate of drug-likeness (QED) is 0.463. The van der Waals surface area contributed by atoms with Gasteiger partial charge in [0.05, 0.1) is 23.7 Å². The van der Waals surface area contributed by atoms with Gasteiger partial charge in [-0.05, 0) is 68.7 Å². The van der Waals surface area contributed by atoms with Gasteiger partial charge in [0.15, 0.2) is 0 Å². The second kappa shape index (κ2) is 10.7. The average Bonchev–Trinajstić information content (AvgIpc) is 2.82. The third-order valence-electron chi connectivity index (χ3n) is 5.78. The first-order chi connectivity index (χ1) is 16.1. The maximum absolute atomic E-state index is 13.5. The van der Waals surface area contributed by atoms with Gasteiger partial charge in [0, 0.05) is 0 Å². The van der Waals surface area contributed by atoms with Crippen molar-refractivity contribution < 1.29 is 17.9 Å². The van der Waals surface area contributed by atoms with Gasteiger partial charge in [-0.2, -0.15) is 0 Å². The van der Waals surface area contributed by atoms with Gasteiger partial charge < -0.3 is 10.1 Å². The molecule has 0 aliphatic rings. The van der Waals surface area contributed by atoms with Crippen molar-refractivity contribution in [2.24, 2.45) is 0 Å². The summed E-state index contributed by atoms with van der Waals surface area (Å²) in [5.74, 6) is 0.399. The minimum atomic E-state index is -3.95. The smallest absolute Gasteiger partial charge is 0.264 e. The fourth-order valence-electron chi connectivity index (χ4n) is 3.77. The number of anilines is 1. The molecular formula is C27H32N2O4S. The highest BCUT2D eigenvalue weighted by atomic mass is 32.2. The molecule has 0 aromatic heterocycles. The molecule has 0 radical (unpaired) electrons. The predicted octanol–water partition coefficient (Wildman–Crippen LogP) is 5.08. The van der Waals surface area contributed by atoms with E-state index in [2.05, 4.69) is 5.32 Å². The lowest BCUT2D eigenvalue weighted by Gasteiger charge is -2.26. The van der Waals surface area contributed by atoms with Crippen LogP contribution < -0.4 is 14.4 Å². The lowest BCUT2D eigenvalue weighted by Crippen LogP contribution is -2.42. The molecule has 6 nitrogen and oxygen atoms in total. The zero-order chi connectivity index (χ0) is 24.9. The Morgan fingerprint density at radius 3 is 2.06 bits per heavy atom. The van der Waals surface area contributed by atoms with Crippen LogP contribution in [0.2, 0.25) is 0 Å². The highest BCUT2D eigenvalue weighted by molar-refractivity contribution is 7.92. The molecule has 0 aliphatic carbocycles. The van der Waals surface area contributed by atoms with Gasteiger partial charge >= 0.3 is 0 Å². The molecule has 1 unspecified atom stereocenters. The van der Waals surface area contributed by atoms with Gasteiger partial charge in [0.25, 0.3) is 10.0 Å². The Bertz CT molecular complexity index is 1240. The molecule has 7 heteroatoms. The Balaban J connectivity index is 1.89. The highest BCUT2D eigenvalue weighted by Crippen LogP contribution is 2.26. The van der Waals surface area contributed by atoms with E-state index >= 15 is 0 Å². The lowest BCUT2D eigenvalue weighted by atomic mass is 10.0. The van der Waals surface area contributed by atoms with Crippen molar-refractivity contribution in [2.45, 2.75) is 45.1 Å². The summed E-state index contributed by atoms with van der Waals surface area (Å²) in [5, 5.41) is 3.01. The molecule has 0 spiro atoms. The van der Waals surface area contributed by atoms with Crippen LogP contribution in [0.4, 0.5) is 5.69 Å². The fraction of sp³-hybridized carbons (Fsp3) is 0.296. The van der Waals surface area contributed by atoms with Crippen molar-refractivity contribution in [2.75, 3.05) is 18.0 Å². The number of amides is 1. The molecule has 1 N–H and O–H groups in total. The van der Waals surface area contributed by atoms with E-state index in [4.69, 9.17) is 4.74 Å². The number of hydrogen-bond donors (Lipinski definition) is 1. The number of benzene rings is 3. The monoisotopic (exact) mass is 480 g/mol. The summed E-state index contributed by atoms with van der Waals surface area (Å²) in [6.07, 6.45) is 0.659. The molecule has 1 amide bonds. The number of sulfonamides is 1. The lowest BCUT2D eigenvalue weighted by molar-refractivity contribution is -0.120. The number of aryl methyl sites for hydroxylation is 3. The second-order valence-corrected chi connectivity index (χ2v) is 10.3. The SMILES string of the molecule is CCC(NC(=O)CN(c1ccc(C)cc1)S(=O)(=O)c1ccc(C)cc1)c1ccc(OC)c(C)c1. The zero-order valence-corrected chi connectivity index (χ0v) is 21.1. The Morgan fingerprint density at radius 2 is 1.53 bits per heavy atom. The molecule has 3 aromatic carbocycles. The summed E-state index contributed by atoms with van der Waals surface area (Å²) >= 11 is 0. The maximum Gasteiger partial charge on any atom is 0.264 e. The number of methoxy groups -OCH3 is 1. The Morgan fingerprint density at radius 1 is 0.941 bits per heavy atom. The Kier molecular flexibility index (Phi) is 7.99. The summed E-state index contributed by atoms with van der Waals surface area (Å²) in [5.41, 5.74) is 4.31. The van der Waals surface area contributed by atoms with Crippen LogP contribution in [0.5, 0.6) is 5.75 Å². The van der Waals surface area contributed by atoms with Gasteiger partial charge in [0.2, 0.25) is 5.91 Å². The highest BCUT2D eigenvalue weighted by Gasteiger charge is 2.28. The number of carbonyl (C=O) groups excluding carboxylic acids is 1. The number of hydrogen-bond acceptors (Lipinski definition) is 4. The minimum Gasteiger partial charge on any atom is -0.496 e. The van der Waals surface area contributed by atoms with Gasteiger partial charge in [-0.25, -0.2) is 8.42 Å². The summed E-state index contributed by atoms with van der Waals surface area (Å²) in [7, 11) is -2.33. The molecule has 0 aliphatic heterocycles. The molecular weight excluding hydrogens is 448 g/mol. The average molecular weight is 481 g/mol. The Hall–Kier alpha value is -3.32. The zero-order valence-electron chi connectivity index (χ0n) is 20.3. The molecule has 0 heterocycles. The van der Waals surface area contributed by atoms with Crippen molar-refractivity contribution in [1.82, 2.24) is 5.32 Å². The molecule has 3 aromatic rings. The van der Waals surface area contributed by atoms with Crippen LogP contribution in [0.25, 0.3) is 0 Å². The van der Waals surface area contributed by atoms with E-state index in [-0.39, 0.29) is 23.4 Å². The standard InChI is InChI=1S/C27H32N2O4S/c1-6-25(22-11-16-26(33-5)21(4)17-22)28-27(30)18-29(23-12-7-19(2)8-13-23)34(31,32)24-14-9-20(3)10-15-24/h7-17,25H,6,18H2,1-5H3,(H,28,30). The van der Waals surface area contributed by atoms with Gasteiger partial charge in [-0.3, -0.25) is 9.10 Å². The maximum atomic E-state index is 13.5. The van der Waals surface area contributed by atoms with Crippen LogP contribution in [0.3, 0.4) is 0 Å². The fourth-order valence-corrected chi connectivity index (χ4v) is 5.19. The minimum absolute atomic E-state index is 0.143. The first kappa shape index (κ1) is 25.3. The molecule has 34 heavy (non-hydrogen) atoms. The normalized spacial score (nSPS) is 12.1. The van der Waals surface area contributed by atoms with E-state index in [9.17, 15) is 13.2 Å². The topological polar surface area (TPSA) is 75.7 Å². The number of ether oxygens (including phenoxy) is 1. The molecule has 3 rings (SSSR count).